The van der Waals surface area contributed by atoms with Crippen molar-refractivity contribution < 1.29 is 14.3 Å². The highest BCUT2D eigenvalue weighted by molar-refractivity contribution is 6.01. The Morgan fingerprint density at radius 1 is 1.25 bits per heavy atom. The van der Waals surface area contributed by atoms with E-state index < -0.39 is 6.04 Å². The number of likely N-dealkylation sites (N-methyl/N-ethyl adjacent to an activating group) is 1. The molecule has 2 aliphatic heterocycles. The van der Waals surface area contributed by atoms with Crippen LogP contribution in [-0.2, 0) is 11.3 Å². The zero-order valence-electron chi connectivity index (χ0n) is 16.5. The Morgan fingerprint density at radius 3 is 2.86 bits per heavy atom. The van der Waals surface area contributed by atoms with Gasteiger partial charge in [0.2, 0.25) is 5.91 Å². The Hall–Kier alpha value is -2.34. The molecular formula is C22H29N3O3. The van der Waals surface area contributed by atoms with E-state index in [1.165, 1.54) is 12.8 Å². The third-order valence-electron chi connectivity index (χ3n) is 6.06. The first-order valence-electron chi connectivity index (χ1n) is 10.4. The summed E-state index contributed by atoms with van der Waals surface area (Å²) in [5, 5.41) is 6.31. The highest BCUT2D eigenvalue weighted by Crippen LogP contribution is 2.32. The minimum Gasteiger partial charge on any atom is -0.489 e. The summed E-state index contributed by atoms with van der Waals surface area (Å²) in [4.78, 5) is 26.8. The molecule has 1 saturated heterocycles. The predicted molar refractivity (Wildman–Crippen MR) is 107 cm³/mol. The Bertz CT molecular complexity index is 789. The molecule has 4 rings (SSSR count). The molecule has 6 heteroatoms. The summed E-state index contributed by atoms with van der Waals surface area (Å²) in [6, 6.07) is 5.67. The average molecular weight is 383 g/mol. The topological polar surface area (TPSA) is 70.7 Å². The number of carbonyl (C=O) groups is 2. The lowest BCUT2D eigenvalue weighted by atomic mass is 9.92. The third-order valence-corrected chi connectivity index (χ3v) is 6.06. The minimum absolute atomic E-state index is 0.0718. The van der Waals surface area contributed by atoms with E-state index in [1.54, 1.807) is 4.90 Å². The number of fused-ring (bicyclic) bond motifs is 1. The van der Waals surface area contributed by atoms with Gasteiger partial charge in [-0.3, -0.25) is 9.59 Å². The number of rotatable bonds is 5. The quantitative estimate of drug-likeness (QED) is 0.820. The molecule has 0 spiro atoms. The molecule has 28 heavy (non-hydrogen) atoms. The first-order valence-corrected chi connectivity index (χ1v) is 10.4. The van der Waals surface area contributed by atoms with Crippen LogP contribution in [0.15, 0.2) is 30.5 Å². The third kappa shape index (κ3) is 3.65. The zero-order chi connectivity index (χ0) is 19.7. The standard InChI is InChI=1S/C22H29N3O3/c1-3-23-18-6-4-5-7-20(18)28-16-9-10-17-15(12-16)13-25(22(17)27)19-11-8-14(2)24-21(19)26/h9-10,12,18-20,23H,2-8,11,13H2,1H3,(H,24,26)/t18-,19?,20+/m0/s1. The second-order valence-corrected chi connectivity index (χ2v) is 8.00. The Labute approximate surface area is 166 Å². The number of hydrogen-bond acceptors (Lipinski definition) is 4. The SMILES string of the molecule is C=C1CCC(N2Cc3cc(O[C@@H]4CCCC[C@@H]4NCC)ccc3C2=O)C(=O)N1. The summed E-state index contributed by atoms with van der Waals surface area (Å²) in [6.07, 6.45) is 6.10. The van der Waals surface area contributed by atoms with Gasteiger partial charge in [-0.15, -0.1) is 0 Å². The van der Waals surface area contributed by atoms with Crippen LogP contribution in [0.25, 0.3) is 0 Å². The van der Waals surface area contributed by atoms with Gasteiger partial charge in [0, 0.05) is 23.8 Å². The number of carbonyl (C=O) groups excluding carboxylic acids is 2. The molecular weight excluding hydrogens is 354 g/mol. The lowest BCUT2D eigenvalue weighted by molar-refractivity contribution is -0.126. The summed E-state index contributed by atoms with van der Waals surface area (Å²) < 4.78 is 6.31. The summed E-state index contributed by atoms with van der Waals surface area (Å²) in [5.74, 6) is 0.603. The summed E-state index contributed by atoms with van der Waals surface area (Å²) in [5.41, 5.74) is 2.34. The van der Waals surface area contributed by atoms with Crippen molar-refractivity contribution in [3.63, 3.8) is 0 Å². The average Bonchev–Trinajstić information content (AvgIpc) is 2.99. The highest BCUT2D eigenvalue weighted by atomic mass is 16.5. The van der Waals surface area contributed by atoms with Crippen LogP contribution in [0.4, 0.5) is 0 Å². The van der Waals surface area contributed by atoms with E-state index in [2.05, 4.69) is 24.1 Å². The molecule has 1 saturated carbocycles. The van der Waals surface area contributed by atoms with Crippen molar-refractivity contribution in [1.29, 1.82) is 0 Å². The number of nitrogens with zero attached hydrogens (tertiary/aromatic N) is 1. The van der Waals surface area contributed by atoms with E-state index in [9.17, 15) is 9.59 Å². The number of allylic oxidation sites excluding steroid dienone is 1. The Morgan fingerprint density at radius 2 is 2.07 bits per heavy atom. The molecule has 150 valence electrons. The van der Waals surface area contributed by atoms with Crippen LogP contribution >= 0.6 is 0 Å². The van der Waals surface area contributed by atoms with E-state index >= 15 is 0 Å². The van der Waals surface area contributed by atoms with E-state index in [4.69, 9.17) is 4.74 Å². The summed E-state index contributed by atoms with van der Waals surface area (Å²) in [7, 11) is 0. The first kappa shape index (κ1) is 19.0. The van der Waals surface area contributed by atoms with Gasteiger partial charge < -0.3 is 20.3 Å². The van der Waals surface area contributed by atoms with Gasteiger partial charge in [0.25, 0.3) is 5.91 Å². The molecule has 2 fully saturated rings. The van der Waals surface area contributed by atoms with Crippen LogP contribution in [0, 0.1) is 0 Å². The van der Waals surface area contributed by atoms with Crippen LogP contribution < -0.4 is 15.4 Å². The van der Waals surface area contributed by atoms with E-state index in [-0.39, 0.29) is 17.9 Å². The van der Waals surface area contributed by atoms with Gasteiger partial charge in [-0.2, -0.15) is 0 Å². The zero-order valence-corrected chi connectivity index (χ0v) is 16.5. The largest absolute Gasteiger partial charge is 0.489 e. The number of benzene rings is 1. The second kappa shape index (κ2) is 7.95. The summed E-state index contributed by atoms with van der Waals surface area (Å²) in [6.45, 7) is 7.33. The minimum atomic E-state index is -0.425. The molecule has 0 aromatic heterocycles. The van der Waals surface area contributed by atoms with E-state index in [0.29, 0.717) is 31.0 Å². The van der Waals surface area contributed by atoms with Gasteiger partial charge in [-0.1, -0.05) is 19.9 Å². The van der Waals surface area contributed by atoms with Crippen molar-refractivity contribution in [2.75, 3.05) is 6.54 Å². The van der Waals surface area contributed by atoms with Gasteiger partial charge >= 0.3 is 0 Å². The normalized spacial score (nSPS) is 27.5. The molecule has 0 bridgehead atoms. The van der Waals surface area contributed by atoms with E-state index in [1.807, 2.05) is 18.2 Å². The van der Waals surface area contributed by atoms with Crippen molar-refractivity contribution >= 4 is 11.8 Å². The lowest BCUT2D eigenvalue weighted by Gasteiger charge is -2.32. The molecule has 3 atom stereocenters. The van der Waals surface area contributed by atoms with Crippen LogP contribution in [0.5, 0.6) is 5.75 Å². The van der Waals surface area contributed by atoms with Gasteiger partial charge in [-0.25, -0.2) is 0 Å². The van der Waals surface area contributed by atoms with Crippen molar-refractivity contribution in [2.24, 2.45) is 0 Å². The van der Waals surface area contributed by atoms with Crippen molar-refractivity contribution in [2.45, 2.75) is 70.2 Å². The molecule has 2 amide bonds. The number of nitrogens with one attached hydrogen (secondary N) is 2. The molecule has 1 aliphatic carbocycles. The maximum absolute atomic E-state index is 12.8. The number of piperidine rings is 1. The van der Waals surface area contributed by atoms with Gasteiger partial charge in [0.1, 0.15) is 17.9 Å². The number of amides is 2. The fourth-order valence-electron chi connectivity index (χ4n) is 4.61. The van der Waals surface area contributed by atoms with Gasteiger partial charge in [0.15, 0.2) is 0 Å². The molecule has 2 heterocycles. The van der Waals surface area contributed by atoms with Crippen molar-refractivity contribution in [3.8, 4) is 5.75 Å². The summed E-state index contributed by atoms with van der Waals surface area (Å²) >= 11 is 0. The van der Waals surface area contributed by atoms with Crippen LogP contribution in [0.3, 0.4) is 0 Å². The maximum atomic E-state index is 12.8. The van der Waals surface area contributed by atoms with E-state index in [0.717, 1.165) is 36.4 Å². The van der Waals surface area contributed by atoms with Crippen LogP contribution in [-0.4, -0.2) is 41.4 Å². The molecule has 1 aromatic rings. The molecule has 6 nitrogen and oxygen atoms in total. The second-order valence-electron chi connectivity index (χ2n) is 8.00. The number of ether oxygens (including phenoxy) is 1. The highest BCUT2D eigenvalue weighted by Gasteiger charge is 2.38. The fourth-order valence-corrected chi connectivity index (χ4v) is 4.61. The molecule has 2 N–H and O–H groups in total. The maximum Gasteiger partial charge on any atom is 0.255 e. The van der Waals surface area contributed by atoms with Crippen molar-refractivity contribution in [1.82, 2.24) is 15.5 Å². The monoisotopic (exact) mass is 383 g/mol. The molecule has 1 aromatic carbocycles. The Kier molecular flexibility index (Phi) is 5.40. The smallest absolute Gasteiger partial charge is 0.255 e. The molecule has 1 unspecified atom stereocenters. The Balaban J connectivity index is 1.48. The van der Waals surface area contributed by atoms with Crippen LogP contribution in [0.1, 0.15) is 61.4 Å². The van der Waals surface area contributed by atoms with Gasteiger partial charge in [-0.05, 0) is 62.4 Å². The van der Waals surface area contributed by atoms with Crippen LogP contribution in [0.2, 0.25) is 0 Å². The fraction of sp³-hybridized carbons (Fsp3) is 0.545. The van der Waals surface area contributed by atoms with Gasteiger partial charge in [0.05, 0.1) is 0 Å². The van der Waals surface area contributed by atoms with Crippen molar-refractivity contribution in [3.05, 3.63) is 41.6 Å². The molecule has 3 aliphatic rings. The first-order chi connectivity index (χ1) is 13.6. The molecule has 0 radical (unpaired) electrons. The number of hydrogen-bond donors (Lipinski definition) is 2. The lowest BCUT2D eigenvalue weighted by Crippen LogP contribution is -2.49. The predicted octanol–water partition coefficient (Wildman–Crippen LogP) is 2.73.